The van der Waals surface area contributed by atoms with Gasteiger partial charge in [-0.25, -0.2) is 9.59 Å². The van der Waals surface area contributed by atoms with Gasteiger partial charge in [-0.3, -0.25) is 0 Å². The van der Waals surface area contributed by atoms with Gasteiger partial charge in [0.25, 0.3) is 0 Å². The summed E-state index contributed by atoms with van der Waals surface area (Å²) in [5, 5.41) is 9.22. The second-order valence-electron chi connectivity index (χ2n) is 10.1. The largest absolute Gasteiger partial charge is 0.492 e. The zero-order chi connectivity index (χ0) is 34.3. The first-order valence-electron chi connectivity index (χ1n) is 13.9. The molecule has 1 amide bonds. The van der Waals surface area contributed by atoms with E-state index in [1.165, 1.54) is 30.3 Å². The second kappa shape index (κ2) is 14.8. The van der Waals surface area contributed by atoms with Crippen molar-refractivity contribution in [3.63, 3.8) is 0 Å². The van der Waals surface area contributed by atoms with E-state index in [2.05, 4.69) is 4.74 Å². The van der Waals surface area contributed by atoms with Crippen molar-refractivity contribution in [3.05, 3.63) is 59.2 Å². The van der Waals surface area contributed by atoms with Gasteiger partial charge in [-0.15, -0.1) is 0 Å². The number of amides is 1. The smallest absolute Gasteiger partial charge is 0.460 e. The van der Waals surface area contributed by atoms with Crippen molar-refractivity contribution in [2.75, 3.05) is 32.9 Å². The van der Waals surface area contributed by atoms with Crippen LogP contribution in [-0.4, -0.2) is 85.2 Å². The average molecular weight is 676 g/mol. The van der Waals surface area contributed by atoms with Crippen LogP contribution in [0.3, 0.4) is 0 Å². The summed E-state index contributed by atoms with van der Waals surface area (Å²) in [7, 11) is 0. The Bertz CT molecular complexity index is 1340. The maximum atomic E-state index is 13.9. The summed E-state index contributed by atoms with van der Waals surface area (Å²) >= 11 is 0. The Labute approximate surface area is 257 Å². The predicted octanol–water partition coefficient (Wildman–Crippen LogP) is 6.53. The first kappa shape index (κ1) is 36.7. The molecule has 1 N–H and O–H groups in total. The van der Waals surface area contributed by atoms with Crippen LogP contribution < -0.4 is 9.47 Å². The Morgan fingerprint density at radius 3 is 2.07 bits per heavy atom. The molecule has 0 bridgehead atoms. The summed E-state index contributed by atoms with van der Waals surface area (Å²) in [6, 6.07) is 10.7. The lowest BCUT2D eigenvalue weighted by Crippen LogP contribution is -2.62. The van der Waals surface area contributed by atoms with Crippen molar-refractivity contribution in [3.8, 4) is 11.5 Å². The number of carbonyl (C=O) groups is 2. The van der Waals surface area contributed by atoms with Gasteiger partial charge in [0.1, 0.15) is 18.1 Å². The highest BCUT2D eigenvalue weighted by Gasteiger charge is 2.82. The van der Waals surface area contributed by atoms with E-state index in [9.17, 15) is 54.2 Å². The molecule has 1 aliphatic rings. The van der Waals surface area contributed by atoms with Gasteiger partial charge in [-0.05, 0) is 67.1 Å². The van der Waals surface area contributed by atoms with Crippen LogP contribution in [0.25, 0.3) is 0 Å². The van der Waals surface area contributed by atoms with E-state index in [1.807, 2.05) is 0 Å². The van der Waals surface area contributed by atoms with Crippen molar-refractivity contribution in [1.29, 1.82) is 0 Å². The number of rotatable bonds is 16. The number of alkyl halides is 9. The zero-order valence-corrected chi connectivity index (χ0v) is 24.2. The third-order valence-corrected chi connectivity index (χ3v) is 6.91. The Kier molecular flexibility index (Phi) is 11.8. The molecule has 17 heteroatoms. The summed E-state index contributed by atoms with van der Waals surface area (Å²) in [5.74, 6) is -15.0. The number of benzene rings is 2. The summed E-state index contributed by atoms with van der Waals surface area (Å²) in [5.41, 5.74) is 2.51. The van der Waals surface area contributed by atoms with Gasteiger partial charge in [-0.1, -0.05) is 18.2 Å². The minimum absolute atomic E-state index is 0.0460. The quantitative estimate of drug-likeness (QED) is 0.202. The van der Waals surface area contributed by atoms with E-state index in [-0.39, 0.29) is 31.1 Å². The topological polar surface area (TPSA) is 94.5 Å². The van der Waals surface area contributed by atoms with Crippen LogP contribution in [0.2, 0.25) is 0 Å². The van der Waals surface area contributed by atoms with E-state index in [0.29, 0.717) is 16.9 Å². The van der Waals surface area contributed by atoms with Crippen LogP contribution >= 0.6 is 0 Å². The van der Waals surface area contributed by atoms with E-state index in [1.54, 1.807) is 19.1 Å². The van der Waals surface area contributed by atoms with Gasteiger partial charge < -0.3 is 29.0 Å². The number of carboxylic acid groups (broad SMARTS) is 1. The lowest BCUT2D eigenvalue weighted by molar-refractivity contribution is -0.443. The molecule has 256 valence electrons. The van der Waals surface area contributed by atoms with E-state index in [4.69, 9.17) is 14.2 Å². The highest BCUT2D eigenvalue weighted by molar-refractivity contribution is 5.72. The highest BCUT2D eigenvalue weighted by atomic mass is 19.4. The fourth-order valence-electron chi connectivity index (χ4n) is 4.44. The molecule has 2 aromatic carbocycles. The summed E-state index contributed by atoms with van der Waals surface area (Å²) in [4.78, 5) is 24.8. The lowest BCUT2D eigenvalue weighted by Gasteiger charge is -2.33. The van der Waals surface area contributed by atoms with Gasteiger partial charge in [0.2, 0.25) is 0 Å². The first-order valence-corrected chi connectivity index (χ1v) is 13.9. The third-order valence-electron chi connectivity index (χ3n) is 6.91. The molecule has 2 aromatic rings. The Morgan fingerprint density at radius 1 is 0.848 bits per heavy atom. The SMILES string of the molecule is CCOC(Cc1ccc(OCCN(CCOC(F)(F)C(F)(F)C(F)(F)C(F)(F)F)C(=O)Oc2ccc3c(c2)CCC3)cc1)C(=O)O. The molecule has 1 unspecified atom stereocenters. The molecule has 0 radical (unpaired) electrons. The van der Waals surface area contributed by atoms with Gasteiger partial charge in [-0.2, -0.15) is 39.5 Å². The molecule has 0 spiro atoms. The van der Waals surface area contributed by atoms with Crippen molar-refractivity contribution < 1.29 is 73.2 Å². The van der Waals surface area contributed by atoms with Gasteiger partial charge in [0.05, 0.1) is 13.2 Å². The number of fused-ring (bicyclic) bond motifs is 1. The lowest BCUT2D eigenvalue weighted by atomic mass is 10.1. The fourth-order valence-corrected chi connectivity index (χ4v) is 4.44. The Balaban J connectivity index is 1.67. The van der Waals surface area contributed by atoms with E-state index < -0.39 is 62.0 Å². The van der Waals surface area contributed by atoms with Crippen LogP contribution in [-0.2, 0) is 33.5 Å². The molecule has 3 rings (SSSR count). The van der Waals surface area contributed by atoms with Gasteiger partial charge >= 0.3 is 36.2 Å². The normalized spacial score (nSPS) is 14.5. The standard InChI is InChI=1S/C29H30F9NO7/c1-2-43-23(24(40)41)16-18-6-9-21(10-7-18)44-14-12-39(25(42)46-22-11-8-19-4-3-5-20(19)17-22)13-15-45-29(37,38)27(32,33)26(30,31)28(34,35)36/h6-11,17,23H,2-5,12-16H2,1H3,(H,40,41). The van der Waals surface area contributed by atoms with E-state index in [0.717, 1.165) is 24.0 Å². The molecule has 1 aliphatic carbocycles. The van der Waals surface area contributed by atoms with Crippen molar-refractivity contribution in [1.82, 2.24) is 4.90 Å². The number of aryl methyl sites for hydroxylation is 2. The molecular weight excluding hydrogens is 645 g/mol. The molecule has 0 fully saturated rings. The maximum Gasteiger partial charge on any atom is 0.460 e. The average Bonchev–Trinajstić information content (AvgIpc) is 3.44. The Hall–Kier alpha value is -3.73. The third kappa shape index (κ3) is 8.74. The number of aliphatic carboxylic acids is 1. The molecule has 0 aliphatic heterocycles. The van der Waals surface area contributed by atoms with Crippen molar-refractivity contribution in [2.24, 2.45) is 0 Å². The number of halogens is 9. The van der Waals surface area contributed by atoms with Crippen LogP contribution in [0, 0.1) is 0 Å². The molecular formula is C29H30F9NO7. The van der Waals surface area contributed by atoms with Crippen LogP contribution in [0.4, 0.5) is 44.3 Å². The minimum Gasteiger partial charge on any atom is -0.492 e. The maximum absolute atomic E-state index is 13.9. The monoisotopic (exact) mass is 675 g/mol. The first-order chi connectivity index (χ1) is 21.4. The summed E-state index contributed by atoms with van der Waals surface area (Å²) in [6.45, 7) is -1.58. The van der Waals surface area contributed by atoms with E-state index >= 15 is 0 Å². The van der Waals surface area contributed by atoms with Crippen molar-refractivity contribution >= 4 is 12.1 Å². The van der Waals surface area contributed by atoms with Crippen molar-refractivity contribution in [2.45, 2.75) is 62.8 Å². The molecule has 0 saturated heterocycles. The summed E-state index contributed by atoms with van der Waals surface area (Å²) in [6.07, 6.45) is -13.1. The van der Waals surface area contributed by atoms with Crippen LogP contribution in [0.15, 0.2) is 42.5 Å². The Morgan fingerprint density at radius 2 is 1.46 bits per heavy atom. The molecule has 0 heterocycles. The number of ether oxygens (including phenoxy) is 4. The number of carboxylic acids is 1. The number of nitrogens with zero attached hydrogens (tertiary/aromatic N) is 1. The zero-order valence-electron chi connectivity index (χ0n) is 24.2. The number of hydrogen-bond acceptors (Lipinski definition) is 6. The van der Waals surface area contributed by atoms with Crippen LogP contribution in [0.1, 0.15) is 30.0 Å². The van der Waals surface area contributed by atoms with Crippen LogP contribution in [0.5, 0.6) is 11.5 Å². The van der Waals surface area contributed by atoms with Gasteiger partial charge in [0, 0.05) is 19.6 Å². The summed E-state index contributed by atoms with van der Waals surface area (Å²) < 4.78 is 138. The predicted molar refractivity (Wildman–Crippen MR) is 142 cm³/mol. The molecule has 1 atom stereocenters. The highest BCUT2D eigenvalue weighted by Crippen LogP contribution is 2.53. The molecule has 8 nitrogen and oxygen atoms in total. The number of carbonyl (C=O) groups excluding carboxylic acids is 1. The molecule has 46 heavy (non-hydrogen) atoms. The second-order valence-corrected chi connectivity index (χ2v) is 10.1. The number of hydrogen-bond donors (Lipinski definition) is 1. The molecule has 0 saturated carbocycles. The minimum atomic E-state index is -7.13. The molecule has 0 aromatic heterocycles. The fraction of sp³-hybridized carbons (Fsp3) is 0.517. The van der Waals surface area contributed by atoms with Gasteiger partial charge in [0.15, 0.2) is 6.10 Å².